The highest BCUT2D eigenvalue weighted by Gasteiger charge is 2.12. The Balaban J connectivity index is 2.24. The van der Waals surface area contributed by atoms with Crippen LogP contribution in [-0.4, -0.2) is 10.8 Å². The molecule has 0 heterocycles. The zero-order valence-corrected chi connectivity index (χ0v) is 10.6. The van der Waals surface area contributed by atoms with E-state index in [9.17, 15) is 14.9 Å². The second kappa shape index (κ2) is 5.94. The number of amides is 1. The van der Waals surface area contributed by atoms with E-state index in [4.69, 9.17) is 5.73 Å². The van der Waals surface area contributed by atoms with Crippen LogP contribution < -0.4 is 11.1 Å². The van der Waals surface area contributed by atoms with Crippen LogP contribution >= 0.6 is 0 Å². The summed E-state index contributed by atoms with van der Waals surface area (Å²) >= 11 is 0. The molecular formula is C14H13N3O3. The third kappa shape index (κ3) is 2.99. The lowest BCUT2D eigenvalue weighted by Crippen LogP contribution is -2.14. The predicted octanol–water partition coefficient (Wildman–Crippen LogP) is 2.31. The Morgan fingerprint density at radius 1 is 1.20 bits per heavy atom. The van der Waals surface area contributed by atoms with Crippen molar-refractivity contribution in [1.82, 2.24) is 0 Å². The van der Waals surface area contributed by atoms with Crippen molar-refractivity contribution in [3.63, 3.8) is 0 Å². The smallest absolute Gasteiger partial charge is 0.270 e. The van der Waals surface area contributed by atoms with Crippen molar-refractivity contribution >= 4 is 17.3 Å². The average molecular weight is 271 g/mol. The van der Waals surface area contributed by atoms with Crippen molar-refractivity contribution in [2.24, 2.45) is 5.73 Å². The Hall–Kier alpha value is -2.73. The van der Waals surface area contributed by atoms with Crippen LogP contribution in [-0.2, 0) is 6.54 Å². The molecule has 0 aliphatic carbocycles. The lowest BCUT2D eigenvalue weighted by Gasteiger charge is -2.09. The molecule has 0 saturated carbocycles. The third-order valence-corrected chi connectivity index (χ3v) is 2.80. The molecule has 0 fully saturated rings. The van der Waals surface area contributed by atoms with Crippen LogP contribution in [0.4, 0.5) is 11.4 Å². The summed E-state index contributed by atoms with van der Waals surface area (Å²) in [6, 6.07) is 12.7. The molecule has 102 valence electrons. The molecule has 0 bridgehead atoms. The van der Waals surface area contributed by atoms with E-state index in [0.717, 1.165) is 5.56 Å². The Morgan fingerprint density at radius 3 is 2.65 bits per heavy atom. The van der Waals surface area contributed by atoms with E-state index in [1.165, 1.54) is 24.3 Å². The van der Waals surface area contributed by atoms with E-state index < -0.39 is 10.8 Å². The number of rotatable bonds is 4. The molecule has 0 aliphatic rings. The number of carbonyl (C=O) groups excluding carboxylic acids is 1. The number of nitrogens with two attached hydrogens (primary N) is 1. The molecule has 0 atom stereocenters. The first-order chi connectivity index (χ1) is 9.61. The molecule has 2 aromatic rings. The van der Waals surface area contributed by atoms with Crippen LogP contribution in [0.3, 0.4) is 0 Å². The number of nitrogens with one attached hydrogen (secondary N) is 1. The standard InChI is InChI=1S/C14H13N3O3/c15-9-11-4-1-2-7-13(11)16-14(18)10-5-3-6-12(8-10)17(19)20/h1-8H,9,15H2,(H,16,18). The number of non-ortho nitro benzene ring substituents is 1. The van der Waals surface area contributed by atoms with Gasteiger partial charge in [-0.3, -0.25) is 14.9 Å². The first-order valence-electron chi connectivity index (χ1n) is 5.95. The highest BCUT2D eigenvalue weighted by molar-refractivity contribution is 6.05. The Bertz CT molecular complexity index is 656. The molecule has 6 heteroatoms. The molecular weight excluding hydrogens is 258 g/mol. The number of carbonyl (C=O) groups is 1. The predicted molar refractivity (Wildman–Crippen MR) is 75.4 cm³/mol. The molecule has 1 amide bonds. The molecule has 20 heavy (non-hydrogen) atoms. The summed E-state index contributed by atoms with van der Waals surface area (Å²) in [7, 11) is 0. The zero-order valence-electron chi connectivity index (χ0n) is 10.6. The fourth-order valence-corrected chi connectivity index (χ4v) is 1.78. The van der Waals surface area contributed by atoms with Gasteiger partial charge in [0.2, 0.25) is 0 Å². The minimum absolute atomic E-state index is 0.121. The minimum Gasteiger partial charge on any atom is -0.326 e. The number of hydrogen-bond donors (Lipinski definition) is 2. The molecule has 0 unspecified atom stereocenters. The van der Waals surface area contributed by atoms with Crippen molar-refractivity contribution in [2.45, 2.75) is 6.54 Å². The normalized spacial score (nSPS) is 10.1. The van der Waals surface area contributed by atoms with Crippen LogP contribution in [0.1, 0.15) is 15.9 Å². The Labute approximate surface area is 115 Å². The molecule has 2 rings (SSSR count). The fraction of sp³-hybridized carbons (Fsp3) is 0.0714. The highest BCUT2D eigenvalue weighted by atomic mass is 16.6. The van der Waals surface area contributed by atoms with Crippen molar-refractivity contribution in [3.05, 3.63) is 69.8 Å². The molecule has 6 nitrogen and oxygen atoms in total. The summed E-state index contributed by atoms with van der Waals surface area (Å²) in [4.78, 5) is 22.2. The van der Waals surface area contributed by atoms with E-state index in [0.29, 0.717) is 12.2 Å². The van der Waals surface area contributed by atoms with Gasteiger partial charge in [0.1, 0.15) is 0 Å². The summed E-state index contributed by atoms with van der Waals surface area (Å²) in [5.41, 5.74) is 7.10. The van der Waals surface area contributed by atoms with E-state index in [-0.39, 0.29) is 11.3 Å². The molecule has 2 aromatic carbocycles. The molecule has 0 spiro atoms. The Morgan fingerprint density at radius 2 is 1.95 bits per heavy atom. The fourth-order valence-electron chi connectivity index (χ4n) is 1.78. The van der Waals surface area contributed by atoms with Crippen LogP contribution in [0.2, 0.25) is 0 Å². The maximum Gasteiger partial charge on any atom is 0.270 e. The number of para-hydroxylation sites is 1. The van der Waals surface area contributed by atoms with Gasteiger partial charge in [-0.2, -0.15) is 0 Å². The monoisotopic (exact) mass is 271 g/mol. The molecule has 0 saturated heterocycles. The van der Waals surface area contributed by atoms with Crippen molar-refractivity contribution in [3.8, 4) is 0 Å². The van der Waals surface area contributed by atoms with Gasteiger partial charge in [0, 0.05) is 29.9 Å². The first kappa shape index (κ1) is 13.7. The summed E-state index contributed by atoms with van der Waals surface area (Å²) in [6.45, 7) is 0.297. The SMILES string of the molecule is NCc1ccccc1NC(=O)c1cccc([N+](=O)[O-])c1. The largest absolute Gasteiger partial charge is 0.326 e. The van der Waals surface area contributed by atoms with Crippen LogP contribution in [0.25, 0.3) is 0 Å². The van der Waals surface area contributed by atoms with Crippen LogP contribution in [0, 0.1) is 10.1 Å². The third-order valence-electron chi connectivity index (χ3n) is 2.80. The van der Waals surface area contributed by atoms with Crippen LogP contribution in [0.15, 0.2) is 48.5 Å². The number of nitro benzene ring substituents is 1. The number of benzene rings is 2. The quantitative estimate of drug-likeness (QED) is 0.658. The second-order valence-electron chi connectivity index (χ2n) is 4.12. The maximum atomic E-state index is 12.1. The van der Waals surface area contributed by atoms with Gasteiger partial charge >= 0.3 is 0 Å². The summed E-state index contributed by atoms with van der Waals surface area (Å²) in [6.07, 6.45) is 0. The van der Waals surface area contributed by atoms with E-state index >= 15 is 0 Å². The van der Waals surface area contributed by atoms with Crippen molar-refractivity contribution in [1.29, 1.82) is 0 Å². The number of nitro groups is 1. The van der Waals surface area contributed by atoms with E-state index in [1.54, 1.807) is 12.1 Å². The van der Waals surface area contributed by atoms with Crippen molar-refractivity contribution in [2.75, 3.05) is 5.32 Å². The number of nitrogens with zero attached hydrogens (tertiary/aromatic N) is 1. The lowest BCUT2D eigenvalue weighted by atomic mass is 10.1. The maximum absolute atomic E-state index is 12.1. The minimum atomic E-state index is -0.537. The van der Waals surface area contributed by atoms with Gasteiger partial charge < -0.3 is 11.1 Å². The zero-order chi connectivity index (χ0) is 14.5. The van der Waals surface area contributed by atoms with Gasteiger partial charge in [0.05, 0.1) is 4.92 Å². The average Bonchev–Trinajstić information content (AvgIpc) is 2.48. The van der Waals surface area contributed by atoms with E-state index in [1.807, 2.05) is 12.1 Å². The van der Waals surface area contributed by atoms with Gasteiger partial charge in [-0.25, -0.2) is 0 Å². The lowest BCUT2D eigenvalue weighted by molar-refractivity contribution is -0.384. The summed E-state index contributed by atoms with van der Waals surface area (Å²) in [5.74, 6) is -0.408. The van der Waals surface area contributed by atoms with Gasteiger partial charge in [-0.05, 0) is 17.7 Å². The van der Waals surface area contributed by atoms with Gasteiger partial charge in [0.25, 0.3) is 11.6 Å². The molecule has 0 radical (unpaired) electrons. The first-order valence-corrected chi connectivity index (χ1v) is 5.95. The Kier molecular flexibility index (Phi) is 4.07. The molecule has 0 aliphatic heterocycles. The molecule has 0 aromatic heterocycles. The van der Waals surface area contributed by atoms with Gasteiger partial charge in [-0.1, -0.05) is 24.3 Å². The number of anilines is 1. The van der Waals surface area contributed by atoms with Crippen molar-refractivity contribution < 1.29 is 9.72 Å². The second-order valence-corrected chi connectivity index (χ2v) is 4.12. The van der Waals surface area contributed by atoms with Gasteiger partial charge in [-0.15, -0.1) is 0 Å². The van der Waals surface area contributed by atoms with Crippen LogP contribution in [0.5, 0.6) is 0 Å². The highest BCUT2D eigenvalue weighted by Crippen LogP contribution is 2.17. The topological polar surface area (TPSA) is 98.3 Å². The van der Waals surface area contributed by atoms with Gasteiger partial charge in [0.15, 0.2) is 0 Å². The van der Waals surface area contributed by atoms with E-state index in [2.05, 4.69) is 5.32 Å². The summed E-state index contributed by atoms with van der Waals surface area (Å²) in [5, 5.41) is 13.4. The molecule has 3 N–H and O–H groups in total. The summed E-state index contributed by atoms with van der Waals surface area (Å²) < 4.78 is 0. The number of hydrogen-bond acceptors (Lipinski definition) is 4.